The third-order valence-corrected chi connectivity index (χ3v) is 10.9. The first-order valence-corrected chi connectivity index (χ1v) is 18.0. The molecule has 1 amide bonds. The summed E-state index contributed by atoms with van der Waals surface area (Å²) in [6.07, 6.45) is -5.20. The van der Waals surface area contributed by atoms with E-state index in [2.05, 4.69) is 5.32 Å². The second kappa shape index (κ2) is 18.0. The number of Topliss-reactive ketones (excluding diaryl/α,β-unsaturated/α-hetero) is 1. The fourth-order valence-corrected chi connectivity index (χ4v) is 7.95. The lowest BCUT2D eigenvalue weighted by Gasteiger charge is -2.48. The monoisotopic (exact) mass is 726 g/mol. The predicted octanol–water partition coefficient (Wildman–Crippen LogP) is 3.70. The van der Waals surface area contributed by atoms with Crippen molar-refractivity contribution in [2.45, 2.75) is 141 Å². The third-order valence-electron chi connectivity index (χ3n) is 10.9. The van der Waals surface area contributed by atoms with Gasteiger partial charge in [-0.15, -0.1) is 0 Å². The van der Waals surface area contributed by atoms with Crippen molar-refractivity contribution in [1.82, 2.24) is 10.2 Å². The second-order valence-corrected chi connectivity index (χ2v) is 15.1. The van der Waals surface area contributed by atoms with Gasteiger partial charge < -0.3 is 53.3 Å². The van der Waals surface area contributed by atoms with E-state index < -0.39 is 83.7 Å². The van der Waals surface area contributed by atoms with Crippen LogP contribution >= 0.6 is 0 Å². The minimum absolute atomic E-state index is 0.0321. The van der Waals surface area contributed by atoms with E-state index >= 15 is 0 Å². The van der Waals surface area contributed by atoms with Crippen LogP contribution in [0.4, 0.5) is 4.79 Å². The molecule has 0 aromatic carbocycles. The van der Waals surface area contributed by atoms with Crippen molar-refractivity contribution in [3.8, 4) is 0 Å². The van der Waals surface area contributed by atoms with Crippen LogP contribution in [0.2, 0.25) is 0 Å². The average Bonchev–Trinajstić information content (AvgIpc) is 3.61. The van der Waals surface area contributed by atoms with Crippen LogP contribution in [0.3, 0.4) is 0 Å². The van der Waals surface area contributed by atoms with Gasteiger partial charge in [-0.05, 0) is 73.2 Å². The summed E-state index contributed by atoms with van der Waals surface area (Å²) >= 11 is 0. The Morgan fingerprint density at radius 1 is 1.08 bits per heavy atom. The first-order chi connectivity index (χ1) is 23.8. The van der Waals surface area contributed by atoms with Gasteiger partial charge in [0.15, 0.2) is 6.29 Å². The zero-order valence-electron chi connectivity index (χ0n) is 32.4. The first-order valence-electron chi connectivity index (χ1n) is 18.0. The molecule has 14 heteroatoms. The van der Waals surface area contributed by atoms with E-state index in [0.29, 0.717) is 12.2 Å². The van der Waals surface area contributed by atoms with Crippen LogP contribution in [0.1, 0.15) is 80.4 Å². The number of alkyl carbamates (subject to hydrolysis) is 1. The summed E-state index contributed by atoms with van der Waals surface area (Å²) in [5.74, 6) is -3.79. The Kier molecular flexibility index (Phi) is 15.1. The number of nitrogens with one attached hydrogen (secondary N) is 1. The van der Waals surface area contributed by atoms with Crippen LogP contribution in [0, 0.1) is 23.7 Å². The topological polar surface area (TPSA) is 175 Å². The molecule has 1 aromatic rings. The summed E-state index contributed by atoms with van der Waals surface area (Å²) in [5, 5.41) is 26.0. The normalized spacial score (nSPS) is 40.4. The number of cyclic esters (lactones) is 1. The molecule has 0 aliphatic carbocycles. The Labute approximate surface area is 302 Å². The van der Waals surface area contributed by atoms with E-state index in [1.165, 1.54) is 27.4 Å². The predicted molar refractivity (Wildman–Crippen MR) is 186 cm³/mol. The molecule has 3 rings (SSSR count). The molecule has 1 aromatic heterocycles. The Balaban J connectivity index is 2.17. The number of aliphatic hydroxyl groups is 2. The first kappa shape index (κ1) is 42.8. The van der Waals surface area contributed by atoms with E-state index in [1.807, 2.05) is 25.9 Å². The van der Waals surface area contributed by atoms with Gasteiger partial charge in [0.2, 0.25) is 0 Å². The molecule has 51 heavy (non-hydrogen) atoms. The van der Waals surface area contributed by atoms with Gasteiger partial charge in [-0.3, -0.25) is 9.59 Å². The number of hydrogen-bond donors (Lipinski definition) is 3. The molecule has 2 aliphatic rings. The highest BCUT2D eigenvalue weighted by Gasteiger charge is 2.53. The molecular formula is C37H62N2O12. The number of esters is 1. The van der Waals surface area contributed by atoms with Gasteiger partial charge in [0, 0.05) is 38.0 Å². The van der Waals surface area contributed by atoms with Crippen LogP contribution in [-0.2, 0) is 44.6 Å². The lowest BCUT2D eigenvalue weighted by molar-refractivity contribution is -0.301. The third kappa shape index (κ3) is 9.89. The van der Waals surface area contributed by atoms with E-state index in [1.54, 1.807) is 53.7 Å². The van der Waals surface area contributed by atoms with Gasteiger partial charge in [0.1, 0.15) is 35.5 Å². The highest BCUT2D eigenvalue weighted by molar-refractivity contribution is 5.83. The fraction of sp³-hybridized carbons (Fsp3) is 0.811. The van der Waals surface area contributed by atoms with E-state index in [-0.39, 0.29) is 37.3 Å². The van der Waals surface area contributed by atoms with Gasteiger partial charge >= 0.3 is 12.1 Å². The summed E-state index contributed by atoms with van der Waals surface area (Å²) in [5.41, 5.74) is -3.02. The van der Waals surface area contributed by atoms with Gasteiger partial charge in [0.05, 0.1) is 42.6 Å². The largest absolute Gasteiger partial charge is 0.467 e. The van der Waals surface area contributed by atoms with E-state index in [9.17, 15) is 24.6 Å². The van der Waals surface area contributed by atoms with Crippen LogP contribution < -0.4 is 5.32 Å². The van der Waals surface area contributed by atoms with Gasteiger partial charge in [-0.25, -0.2) is 4.79 Å². The van der Waals surface area contributed by atoms with Crippen molar-refractivity contribution in [3.63, 3.8) is 0 Å². The SMILES string of the molecule is CC[C@H]1OC(=O)[C@H](C)[C@@H](OC(=O)NCc2ccco2)[C@H](C)[C@@H](O[C@@H]2O[C@H](C)C[C@H](N(C)C)[C@H]2O)[C@](C)(OC)C[C@@H](C)C(=O)[C@H](C)[C@@H](OC)[C@]1(C)O. The number of likely N-dealkylation sites (N-methyl/N-ethyl adjacent to an activating group) is 1. The number of furan rings is 1. The Bertz CT molecular complexity index is 1270. The minimum Gasteiger partial charge on any atom is -0.467 e. The van der Waals surface area contributed by atoms with Crippen molar-refractivity contribution in [2.24, 2.45) is 23.7 Å². The highest BCUT2D eigenvalue weighted by atomic mass is 16.7. The molecule has 0 unspecified atom stereocenters. The minimum atomic E-state index is -1.76. The number of hydrogen-bond acceptors (Lipinski definition) is 13. The molecule has 14 atom stereocenters. The van der Waals surface area contributed by atoms with Crippen LogP contribution in [0.15, 0.2) is 22.8 Å². The maximum atomic E-state index is 14.1. The second-order valence-electron chi connectivity index (χ2n) is 15.1. The maximum Gasteiger partial charge on any atom is 0.407 e. The molecule has 3 N–H and O–H groups in total. The Hall–Kier alpha value is -2.59. The molecule has 292 valence electrons. The number of aliphatic hydroxyl groups excluding tert-OH is 1. The smallest absolute Gasteiger partial charge is 0.407 e. The van der Waals surface area contributed by atoms with E-state index in [4.69, 9.17) is 32.8 Å². The van der Waals surface area contributed by atoms with E-state index in [0.717, 1.165) is 0 Å². The van der Waals surface area contributed by atoms with Crippen LogP contribution in [0.25, 0.3) is 0 Å². The maximum absolute atomic E-state index is 14.1. The number of ketones is 1. The van der Waals surface area contributed by atoms with Gasteiger partial charge in [-0.1, -0.05) is 27.7 Å². The summed E-state index contributed by atoms with van der Waals surface area (Å²) < 4.78 is 42.2. The molecule has 0 spiro atoms. The summed E-state index contributed by atoms with van der Waals surface area (Å²) in [7, 11) is 6.64. The molecule has 0 radical (unpaired) electrons. The zero-order chi connectivity index (χ0) is 38.4. The number of ether oxygens (including phenoxy) is 6. The summed E-state index contributed by atoms with van der Waals surface area (Å²) in [4.78, 5) is 43.4. The van der Waals surface area contributed by atoms with Crippen LogP contribution in [0.5, 0.6) is 0 Å². The zero-order valence-corrected chi connectivity index (χ0v) is 32.4. The van der Waals surface area contributed by atoms with Crippen molar-refractivity contribution in [1.29, 1.82) is 0 Å². The lowest BCUT2D eigenvalue weighted by Crippen LogP contribution is -2.61. The number of carbonyl (C=O) groups excluding carboxylic acids is 3. The van der Waals surface area contributed by atoms with Crippen molar-refractivity contribution >= 4 is 17.8 Å². The van der Waals surface area contributed by atoms with Crippen LogP contribution in [-0.4, -0.2) is 121 Å². The summed E-state index contributed by atoms with van der Waals surface area (Å²) in [6.45, 7) is 13.8. The van der Waals surface area contributed by atoms with Crippen molar-refractivity contribution in [3.05, 3.63) is 24.2 Å². The molecule has 2 fully saturated rings. The number of methoxy groups -OCH3 is 2. The van der Waals surface area contributed by atoms with Gasteiger partial charge in [-0.2, -0.15) is 0 Å². The van der Waals surface area contributed by atoms with Crippen molar-refractivity contribution in [2.75, 3.05) is 28.3 Å². The summed E-state index contributed by atoms with van der Waals surface area (Å²) in [6, 6.07) is 3.10. The Morgan fingerprint density at radius 3 is 2.29 bits per heavy atom. The lowest BCUT2D eigenvalue weighted by atomic mass is 9.73. The molecule has 2 aliphatic heterocycles. The molecule has 14 nitrogen and oxygen atoms in total. The van der Waals surface area contributed by atoms with Gasteiger partial charge in [0.25, 0.3) is 0 Å². The molecule has 0 bridgehead atoms. The molecular weight excluding hydrogens is 664 g/mol. The quantitative estimate of drug-likeness (QED) is 0.315. The Morgan fingerprint density at radius 2 is 1.75 bits per heavy atom. The fourth-order valence-electron chi connectivity index (χ4n) is 7.95. The standard InChI is InChI=1S/C37H62N2O12/c1-13-27-37(8,44)32(45-11)22(4)28(40)20(2)18-36(7,46-12)31(51-34-29(41)26(39(9)10)17-21(3)48-34)23(5)30(24(6)33(42)49-27)50-35(43)38-19-25-15-14-16-47-25/h14-16,20-24,26-27,29-32,34,41,44H,13,17-19H2,1-12H3,(H,38,43)/t20-,21-,22+,23+,24-,26+,27-,29-,30+,31-,32-,34+,36-,37-/m1/s1. The van der Waals surface area contributed by atoms with Crippen molar-refractivity contribution < 1.29 is 57.4 Å². The molecule has 2 saturated heterocycles. The molecule has 0 saturated carbocycles. The number of amides is 1. The number of nitrogens with zero attached hydrogens (tertiary/aromatic N) is 1. The molecule has 3 heterocycles. The average molecular weight is 727 g/mol. The number of rotatable bonds is 9. The number of carbonyl (C=O) groups is 3. The highest BCUT2D eigenvalue weighted by Crippen LogP contribution is 2.40.